The molecule has 106 valence electrons. The molecular formula is C12H22N6O. The summed E-state index contributed by atoms with van der Waals surface area (Å²) in [5.74, 6) is 0.822. The highest BCUT2D eigenvalue weighted by molar-refractivity contribution is 5.36. The molecule has 1 aromatic rings. The lowest BCUT2D eigenvalue weighted by atomic mass is 10.1. The first-order valence-electron chi connectivity index (χ1n) is 6.66. The van der Waals surface area contributed by atoms with Gasteiger partial charge in [0.15, 0.2) is 0 Å². The lowest BCUT2D eigenvalue weighted by molar-refractivity contribution is 0.256. The Bertz CT molecular complexity index is 425. The van der Waals surface area contributed by atoms with Gasteiger partial charge in [-0.15, -0.1) is 0 Å². The zero-order valence-electron chi connectivity index (χ0n) is 11.8. The fourth-order valence-electron chi connectivity index (χ4n) is 2.25. The number of nitrogens with zero attached hydrogens (tertiary/aromatic N) is 5. The smallest absolute Gasteiger partial charge is 0.323 e. The number of anilines is 2. The maximum atomic E-state index is 5.71. The second-order valence-corrected chi connectivity index (χ2v) is 4.91. The summed E-state index contributed by atoms with van der Waals surface area (Å²) < 4.78 is 5.31. The van der Waals surface area contributed by atoms with Crippen LogP contribution in [0.5, 0.6) is 6.01 Å². The maximum Gasteiger partial charge on any atom is 0.323 e. The van der Waals surface area contributed by atoms with E-state index < -0.39 is 0 Å². The Kier molecular flexibility index (Phi) is 4.36. The van der Waals surface area contributed by atoms with Gasteiger partial charge in [-0.25, -0.2) is 0 Å². The van der Waals surface area contributed by atoms with Gasteiger partial charge in [-0.05, 0) is 33.9 Å². The highest BCUT2D eigenvalue weighted by Gasteiger charge is 2.24. The number of piperidine rings is 1. The molecule has 0 saturated carbocycles. The molecule has 0 aromatic carbocycles. The van der Waals surface area contributed by atoms with Gasteiger partial charge in [0.2, 0.25) is 11.9 Å². The van der Waals surface area contributed by atoms with E-state index in [0.717, 1.165) is 19.5 Å². The number of likely N-dealkylation sites (N-methyl/N-ethyl adjacent to an activating group) is 1. The van der Waals surface area contributed by atoms with Crippen LogP contribution >= 0.6 is 0 Å². The van der Waals surface area contributed by atoms with Crippen molar-refractivity contribution < 1.29 is 4.74 Å². The number of nitrogens with two attached hydrogens (primary N) is 1. The predicted molar refractivity (Wildman–Crippen MR) is 74.3 cm³/mol. The van der Waals surface area contributed by atoms with Crippen LogP contribution in [0, 0.1) is 0 Å². The first kappa shape index (κ1) is 13.8. The second-order valence-electron chi connectivity index (χ2n) is 4.91. The molecule has 1 atom stereocenters. The summed E-state index contributed by atoms with van der Waals surface area (Å²) in [4.78, 5) is 16.9. The Morgan fingerprint density at radius 1 is 1.37 bits per heavy atom. The Balaban J connectivity index is 2.16. The molecule has 1 saturated heterocycles. The number of nitrogen functional groups attached to an aromatic ring is 1. The quantitative estimate of drug-likeness (QED) is 0.844. The van der Waals surface area contributed by atoms with E-state index in [9.17, 15) is 0 Å². The minimum atomic E-state index is 0.209. The summed E-state index contributed by atoms with van der Waals surface area (Å²) in [6.07, 6.45) is 2.32. The monoisotopic (exact) mass is 266 g/mol. The normalized spacial score (nSPS) is 19.8. The molecule has 1 aromatic heterocycles. The molecule has 0 bridgehead atoms. The molecule has 2 rings (SSSR count). The van der Waals surface area contributed by atoms with Crippen molar-refractivity contribution >= 4 is 11.9 Å². The molecule has 19 heavy (non-hydrogen) atoms. The molecule has 1 aliphatic rings. The number of aromatic nitrogens is 3. The summed E-state index contributed by atoms with van der Waals surface area (Å²) in [5, 5.41) is 0. The van der Waals surface area contributed by atoms with E-state index in [1.165, 1.54) is 6.42 Å². The van der Waals surface area contributed by atoms with Crippen molar-refractivity contribution in [1.82, 2.24) is 19.9 Å². The average molecular weight is 266 g/mol. The van der Waals surface area contributed by atoms with Gasteiger partial charge in [0.25, 0.3) is 0 Å². The SMILES string of the molecule is CCOc1nc(N)nc(N2CCCC(N(C)C)C2)n1. The van der Waals surface area contributed by atoms with Gasteiger partial charge in [-0.2, -0.15) is 15.0 Å². The number of hydrogen-bond acceptors (Lipinski definition) is 7. The summed E-state index contributed by atoms with van der Waals surface area (Å²) in [5.41, 5.74) is 5.71. The van der Waals surface area contributed by atoms with E-state index in [1.807, 2.05) is 6.92 Å². The average Bonchev–Trinajstić information content (AvgIpc) is 2.38. The van der Waals surface area contributed by atoms with Crippen molar-refractivity contribution in [2.75, 3.05) is 44.4 Å². The standard InChI is InChI=1S/C12H22N6O/c1-4-19-12-15-10(13)14-11(16-12)18-7-5-6-9(8-18)17(2)3/h9H,4-8H2,1-3H3,(H2,13,14,15,16). The van der Waals surface area contributed by atoms with E-state index in [1.54, 1.807) is 0 Å². The topological polar surface area (TPSA) is 80.4 Å². The third-order valence-corrected chi connectivity index (χ3v) is 3.30. The van der Waals surface area contributed by atoms with Crippen molar-refractivity contribution in [3.8, 4) is 6.01 Å². The highest BCUT2D eigenvalue weighted by atomic mass is 16.5. The molecule has 0 radical (unpaired) electrons. The van der Waals surface area contributed by atoms with Crippen LogP contribution in [0.3, 0.4) is 0 Å². The molecule has 1 unspecified atom stereocenters. The third kappa shape index (κ3) is 3.44. The zero-order valence-corrected chi connectivity index (χ0v) is 11.8. The molecular weight excluding hydrogens is 244 g/mol. The van der Waals surface area contributed by atoms with Gasteiger partial charge in [-0.3, -0.25) is 0 Å². The fourth-order valence-corrected chi connectivity index (χ4v) is 2.25. The first-order chi connectivity index (χ1) is 9.10. The molecule has 2 N–H and O–H groups in total. The van der Waals surface area contributed by atoms with Crippen molar-refractivity contribution in [3.05, 3.63) is 0 Å². The van der Waals surface area contributed by atoms with E-state index in [-0.39, 0.29) is 5.95 Å². The van der Waals surface area contributed by atoms with E-state index in [0.29, 0.717) is 24.6 Å². The lowest BCUT2D eigenvalue weighted by Crippen LogP contribution is -2.45. The van der Waals surface area contributed by atoms with Crippen LogP contribution in [0.4, 0.5) is 11.9 Å². The van der Waals surface area contributed by atoms with Crippen molar-refractivity contribution in [2.45, 2.75) is 25.8 Å². The van der Waals surface area contributed by atoms with Crippen LogP contribution in [0.15, 0.2) is 0 Å². The van der Waals surface area contributed by atoms with E-state index in [4.69, 9.17) is 10.5 Å². The van der Waals surface area contributed by atoms with Gasteiger partial charge in [0, 0.05) is 19.1 Å². The van der Waals surface area contributed by atoms with Crippen LogP contribution < -0.4 is 15.4 Å². The van der Waals surface area contributed by atoms with Crippen LogP contribution in [0.1, 0.15) is 19.8 Å². The first-order valence-corrected chi connectivity index (χ1v) is 6.66. The van der Waals surface area contributed by atoms with Gasteiger partial charge in [0.05, 0.1) is 6.61 Å². The molecule has 1 aliphatic heterocycles. The Morgan fingerprint density at radius 3 is 2.84 bits per heavy atom. The van der Waals surface area contributed by atoms with Crippen molar-refractivity contribution in [1.29, 1.82) is 0 Å². The fraction of sp³-hybridized carbons (Fsp3) is 0.750. The third-order valence-electron chi connectivity index (χ3n) is 3.30. The van der Waals surface area contributed by atoms with Crippen LogP contribution in [0.2, 0.25) is 0 Å². The molecule has 7 nitrogen and oxygen atoms in total. The largest absolute Gasteiger partial charge is 0.464 e. The Morgan fingerprint density at radius 2 is 2.16 bits per heavy atom. The van der Waals surface area contributed by atoms with E-state index in [2.05, 4.69) is 38.8 Å². The van der Waals surface area contributed by atoms with Gasteiger partial charge < -0.3 is 20.3 Å². The zero-order chi connectivity index (χ0) is 13.8. The minimum Gasteiger partial charge on any atom is -0.464 e. The molecule has 0 aliphatic carbocycles. The second kappa shape index (κ2) is 6.01. The van der Waals surface area contributed by atoms with E-state index >= 15 is 0 Å². The molecule has 7 heteroatoms. The molecule has 1 fully saturated rings. The van der Waals surface area contributed by atoms with Crippen molar-refractivity contribution in [2.24, 2.45) is 0 Å². The Labute approximate surface area is 113 Å². The number of hydrogen-bond donors (Lipinski definition) is 1. The van der Waals surface area contributed by atoms with Gasteiger partial charge >= 0.3 is 6.01 Å². The van der Waals surface area contributed by atoms with Gasteiger partial charge in [-0.1, -0.05) is 0 Å². The summed E-state index contributed by atoms with van der Waals surface area (Å²) in [7, 11) is 4.20. The summed E-state index contributed by atoms with van der Waals surface area (Å²) in [6.45, 7) is 4.26. The van der Waals surface area contributed by atoms with Crippen molar-refractivity contribution in [3.63, 3.8) is 0 Å². The van der Waals surface area contributed by atoms with Crippen LogP contribution in [0.25, 0.3) is 0 Å². The predicted octanol–water partition coefficient (Wildman–Crippen LogP) is 0.383. The highest BCUT2D eigenvalue weighted by Crippen LogP contribution is 2.20. The van der Waals surface area contributed by atoms with Crippen LogP contribution in [-0.2, 0) is 0 Å². The molecule has 2 heterocycles. The van der Waals surface area contributed by atoms with Crippen LogP contribution in [-0.4, -0.2) is 59.7 Å². The number of rotatable bonds is 4. The number of ether oxygens (including phenoxy) is 1. The molecule has 0 amide bonds. The summed E-state index contributed by atoms with van der Waals surface area (Å²) in [6, 6.07) is 0.819. The lowest BCUT2D eigenvalue weighted by Gasteiger charge is -2.36. The Hall–Kier alpha value is -1.63. The summed E-state index contributed by atoms with van der Waals surface area (Å²) >= 11 is 0. The molecule has 0 spiro atoms. The van der Waals surface area contributed by atoms with Gasteiger partial charge in [0.1, 0.15) is 0 Å². The maximum absolute atomic E-state index is 5.71. The minimum absolute atomic E-state index is 0.209.